The number of aromatic amines is 1. The van der Waals surface area contributed by atoms with Crippen molar-refractivity contribution < 1.29 is 4.79 Å². The summed E-state index contributed by atoms with van der Waals surface area (Å²) in [5.74, 6) is 0.677. The third kappa shape index (κ3) is 3.67. The first-order valence-electron chi connectivity index (χ1n) is 8.35. The summed E-state index contributed by atoms with van der Waals surface area (Å²) < 4.78 is 0. The van der Waals surface area contributed by atoms with Crippen LogP contribution in [0.5, 0.6) is 0 Å². The van der Waals surface area contributed by atoms with Gasteiger partial charge in [0, 0.05) is 29.0 Å². The van der Waals surface area contributed by atoms with Crippen LogP contribution in [0.1, 0.15) is 49.5 Å². The van der Waals surface area contributed by atoms with Gasteiger partial charge in [0.25, 0.3) is 5.91 Å². The maximum absolute atomic E-state index is 12.8. The van der Waals surface area contributed by atoms with Crippen LogP contribution in [0.15, 0.2) is 18.2 Å². The van der Waals surface area contributed by atoms with E-state index in [0.29, 0.717) is 21.7 Å². The van der Waals surface area contributed by atoms with E-state index in [1.54, 1.807) is 12.1 Å². The van der Waals surface area contributed by atoms with Gasteiger partial charge in [0.2, 0.25) is 0 Å². The number of H-pyrrole nitrogens is 1. The van der Waals surface area contributed by atoms with Crippen LogP contribution in [0.25, 0.3) is 10.9 Å². The van der Waals surface area contributed by atoms with E-state index < -0.39 is 0 Å². The fourth-order valence-corrected chi connectivity index (χ4v) is 4.03. The number of carbonyl (C=O) groups is 1. The highest BCUT2D eigenvalue weighted by molar-refractivity contribution is 6.38. The Labute approximate surface area is 146 Å². The Hall–Kier alpha value is -1.19. The van der Waals surface area contributed by atoms with Crippen molar-refractivity contribution in [3.05, 3.63) is 33.9 Å². The van der Waals surface area contributed by atoms with Crippen molar-refractivity contribution in [3.8, 4) is 0 Å². The van der Waals surface area contributed by atoms with Gasteiger partial charge in [-0.25, -0.2) is 0 Å². The summed E-state index contributed by atoms with van der Waals surface area (Å²) in [6.07, 6.45) is 6.38. The first kappa shape index (κ1) is 16.7. The lowest BCUT2D eigenvalue weighted by molar-refractivity contribution is 0.0719. The molecule has 5 heteroatoms. The van der Waals surface area contributed by atoms with Crippen molar-refractivity contribution in [2.75, 3.05) is 13.1 Å². The second-order valence-electron chi connectivity index (χ2n) is 6.38. The summed E-state index contributed by atoms with van der Waals surface area (Å²) in [4.78, 5) is 17.9. The quantitative estimate of drug-likeness (QED) is 0.772. The highest BCUT2D eigenvalue weighted by Crippen LogP contribution is 2.29. The van der Waals surface area contributed by atoms with Gasteiger partial charge in [0.15, 0.2) is 0 Å². The molecular weight excluding hydrogens is 331 g/mol. The smallest absolute Gasteiger partial charge is 0.270 e. The normalized spacial score (nSPS) is 16.0. The van der Waals surface area contributed by atoms with Crippen LogP contribution in [-0.4, -0.2) is 28.9 Å². The Balaban J connectivity index is 1.81. The molecule has 0 radical (unpaired) electrons. The first-order chi connectivity index (χ1) is 11.1. The summed E-state index contributed by atoms with van der Waals surface area (Å²) in [7, 11) is 0. The third-order valence-corrected chi connectivity index (χ3v) is 5.29. The second-order valence-corrected chi connectivity index (χ2v) is 7.22. The van der Waals surface area contributed by atoms with Crippen LogP contribution in [0.2, 0.25) is 10.0 Å². The van der Waals surface area contributed by atoms with Gasteiger partial charge in [-0.1, -0.05) is 42.5 Å². The summed E-state index contributed by atoms with van der Waals surface area (Å²) in [5.41, 5.74) is 1.39. The van der Waals surface area contributed by atoms with Crippen LogP contribution in [-0.2, 0) is 0 Å². The standard InChI is InChI=1S/C18H22Cl2N2O/c1-2-22(11-12-6-4-3-5-7-12)18(23)17-10-14-15(20)8-13(19)9-16(14)21-17/h8-10,12,21H,2-7,11H2,1H3. The summed E-state index contributed by atoms with van der Waals surface area (Å²) >= 11 is 12.3. The molecule has 1 aromatic carbocycles. The van der Waals surface area contributed by atoms with Gasteiger partial charge in [0.05, 0.1) is 5.02 Å². The van der Waals surface area contributed by atoms with Gasteiger partial charge in [0.1, 0.15) is 5.69 Å². The number of amides is 1. The SMILES string of the molecule is CCN(CC1CCCCC1)C(=O)c1cc2c(Cl)cc(Cl)cc2[nH]1. The molecule has 2 aromatic rings. The number of hydrogen-bond acceptors (Lipinski definition) is 1. The summed E-state index contributed by atoms with van der Waals surface area (Å²) in [5, 5.41) is 1.98. The van der Waals surface area contributed by atoms with Gasteiger partial charge in [-0.05, 0) is 43.9 Å². The largest absolute Gasteiger partial charge is 0.350 e. The number of aromatic nitrogens is 1. The molecule has 1 saturated carbocycles. The molecule has 0 spiro atoms. The summed E-state index contributed by atoms with van der Waals surface area (Å²) in [6, 6.07) is 5.34. The Morgan fingerprint density at radius 3 is 2.65 bits per heavy atom. The van der Waals surface area contributed by atoms with Crippen LogP contribution >= 0.6 is 23.2 Å². The summed E-state index contributed by atoms with van der Waals surface area (Å²) in [6.45, 7) is 3.60. The molecule has 23 heavy (non-hydrogen) atoms. The minimum absolute atomic E-state index is 0.0430. The molecule has 1 heterocycles. The minimum atomic E-state index is 0.0430. The minimum Gasteiger partial charge on any atom is -0.350 e. The van der Waals surface area contributed by atoms with E-state index in [1.165, 1.54) is 32.1 Å². The molecule has 0 saturated heterocycles. The number of benzene rings is 1. The maximum atomic E-state index is 12.8. The van der Waals surface area contributed by atoms with Crippen LogP contribution in [0, 0.1) is 5.92 Å². The highest BCUT2D eigenvalue weighted by Gasteiger charge is 2.22. The van der Waals surface area contributed by atoms with Crippen molar-refractivity contribution in [1.29, 1.82) is 0 Å². The fraction of sp³-hybridized carbons (Fsp3) is 0.500. The van der Waals surface area contributed by atoms with Crippen molar-refractivity contribution in [2.45, 2.75) is 39.0 Å². The van der Waals surface area contributed by atoms with E-state index in [4.69, 9.17) is 23.2 Å². The molecule has 0 bridgehead atoms. The number of nitrogens with one attached hydrogen (secondary N) is 1. The Bertz CT molecular complexity index is 704. The molecule has 1 fully saturated rings. The average Bonchev–Trinajstić information content (AvgIpc) is 2.97. The predicted molar refractivity (Wildman–Crippen MR) is 96.5 cm³/mol. The zero-order valence-corrected chi connectivity index (χ0v) is 14.9. The number of nitrogens with zero attached hydrogens (tertiary/aromatic N) is 1. The molecule has 1 amide bonds. The average molecular weight is 353 g/mol. The van der Waals surface area contributed by atoms with E-state index in [9.17, 15) is 4.79 Å². The van der Waals surface area contributed by atoms with E-state index >= 15 is 0 Å². The third-order valence-electron chi connectivity index (χ3n) is 4.75. The maximum Gasteiger partial charge on any atom is 0.270 e. The topological polar surface area (TPSA) is 36.1 Å². The van der Waals surface area contributed by atoms with Gasteiger partial charge in [-0.15, -0.1) is 0 Å². The Morgan fingerprint density at radius 2 is 1.96 bits per heavy atom. The molecule has 3 nitrogen and oxygen atoms in total. The van der Waals surface area contributed by atoms with Gasteiger partial charge < -0.3 is 9.88 Å². The molecule has 0 atom stereocenters. The van der Waals surface area contributed by atoms with Crippen molar-refractivity contribution in [3.63, 3.8) is 0 Å². The zero-order valence-electron chi connectivity index (χ0n) is 13.4. The lowest BCUT2D eigenvalue weighted by atomic mass is 9.89. The van der Waals surface area contributed by atoms with Crippen molar-refractivity contribution in [1.82, 2.24) is 9.88 Å². The Kier molecular flexibility index (Phi) is 5.17. The van der Waals surface area contributed by atoms with E-state index in [2.05, 4.69) is 4.98 Å². The first-order valence-corrected chi connectivity index (χ1v) is 9.11. The second kappa shape index (κ2) is 7.14. The molecule has 1 aliphatic carbocycles. The molecule has 124 valence electrons. The van der Waals surface area contributed by atoms with Gasteiger partial charge in [-0.2, -0.15) is 0 Å². The number of halogens is 2. The lowest BCUT2D eigenvalue weighted by Crippen LogP contribution is -2.36. The monoisotopic (exact) mass is 352 g/mol. The molecular formula is C18H22Cl2N2O. The van der Waals surface area contributed by atoms with Crippen LogP contribution in [0.3, 0.4) is 0 Å². The molecule has 1 aliphatic rings. The van der Waals surface area contributed by atoms with Gasteiger partial charge >= 0.3 is 0 Å². The van der Waals surface area contributed by atoms with E-state index in [-0.39, 0.29) is 5.91 Å². The molecule has 3 rings (SSSR count). The number of fused-ring (bicyclic) bond motifs is 1. The number of rotatable bonds is 4. The van der Waals surface area contributed by atoms with Crippen LogP contribution < -0.4 is 0 Å². The fourth-order valence-electron chi connectivity index (χ4n) is 3.48. The molecule has 1 aromatic heterocycles. The highest BCUT2D eigenvalue weighted by atomic mass is 35.5. The number of hydrogen-bond donors (Lipinski definition) is 1. The lowest BCUT2D eigenvalue weighted by Gasteiger charge is -2.28. The van der Waals surface area contributed by atoms with Gasteiger partial charge in [-0.3, -0.25) is 4.79 Å². The zero-order chi connectivity index (χ0) is 16.4. The number of carbonyl (C=O) groups excluding carboxylic acids is 1. The van der Waals surface area contributed by atoms with E-state index in [0.717, 1.165) is 24.0 Å². The van der Waals surface area contributed by atoms with E-state index in [1.807, 2.05) is 17.9 Å². The predicted octanol–water partition coefficient (Wildman–Crippen LogP) is 5.52. The van der Waals surface area contributed by atoms with Crippen LogP contribution in [0.4, 0.5) is 0 Å². The van der Waals surface area contributed by atoms with Crippen molar-refractivity contribution in [2.24, 2.45) is 5.92 Å². The van der Waals surface area contributed by atoms with Crippen molar-refractivity contribution >= 4 is 40.0 Å². The molecule has 0 aliphatic heterocycles. The molecule has 0 unspecified atom stereocenters. The molecule has 1 N–H and O–H groups in total. The Morgan fingerprint density at radius 1 is 1.22 bits per heavy atom.